The van der Waals surface area contributed by atoms with E-state index >= 15 is 0 Å². The van der Waals surface area contributed by atoms with Gasteiger partial charge in [0, 0.05) is 17.5 Å². The molecule has 9 heteroatoms. The van der Waals surface area contributed by atoms with Crippen LogP contribution in [0.3, 0.4) is 0 Å². The van der Waals surface area contributed by atoms with Crippen LogP contribution in [0.5, 0.6) is 0 Å². The fraction of sp³-hybridized carbons (Fsp3) is 0.167. The van der Waals surface area contributed by atoms with Crippen LogP contribution in [-0.4, -0.2) is 24.6 Å². The molecule has 0 aliphatic carbocycles. The molecule has 3 N–H and O–H groups in total. The first-order valence-corrected chi connectivity index (χ1v) is 8.96. The molecule has 0 amide bonds. The van der Waals surface area contributed by atoms with E-state index in [9.17, 15) is 8.42 Å². The van der Waals surface area contributed by atoms with Crippen LogP contribution in [-0.2, 0) is 16.6 Å². The van der Waals surface area contributed by atoms with Crippen LogP contribution < -0.4 is 10.5 Å². The number of hydrogen-bond donors (Lipinski definition) is 2. The lowest BCUT2D eigenvalue weighted by atomic mass is 10.2. The monoisotopic (exact) mass is 344 g/mol. The molecule has 0 unspecified atom stereocenters. The van der Waals surface area contributed by atoms with Crippen LogP contribution in [0, 0.1) is 0 Å². The average molecular weight is 345 g/mol. The standard InChI is InChI=1S/C12H13ClN4O2S2/c1-20-10-3-2-9(21(14,18)19)4-8(10)6-15-12-5-11(13)16-7-17-12/h2-5,7H,6H2,1H3,(H2,14,18,19)(H,15,16,17). The van der Waals surface area contributed by atoms with E-state index in [4.69, 9.17) is 16.7 Å². The molecule has 0 fully saturated rings. The highest BCUT2D eigenvalue weighted by molar-refractivity contribution is 7.98. The number of primary sulfonamides is 1. The SMILES string of the molecule is CSc1ccc(S(N)(=O)=O)cc1CNc1cc(Cl)ncn1. The number of thioether (sulfide) groups is 1. The molecule has 0 radical (unpaired) electrons. The van der Waals surface area contributed by atoms with Gasteiger partial charge in [-0.1, -0.05) is 11.6 Å². The van der Waals surface area contributed by atoms with Crippen LogP contribution in [0.25, 0.3) is 0 Å². The molecule has 0 bridgehead atoms. The van der Waals surface area contributed by atoms with Crippen molar-refractivity contribution in [1.29, 1.82) is 0 Å². The third-order valence-electron chi connectivity index (χ3n) is 2.67. The second kappa shape index (κ2) is 6.61. The minimum atomic E-state index is -3.72. The highest BCUT2D eigenvalue weighted by atomic mass is 35.5. The zero-order chi connectivity index (χ0) is 15.5. The van der Waals surface area contributed by atoms with Crippen molar-refractivity contribution in [2.75, 3.05) is 11.6 Å². The molecular formula is C12H13ClN4O2S2. The van der Waals surface area contributed by atoms with Gasteiger partial charge < -0.3 is 5.32 Å². The summed E-state index contributed by atoms with van der Waals surface area (Å²) in [6, 6.07) is 6.36. The number of halogens is 1. The first-order chi connectivity index (χ1) is 9.90. The second-order valence-electron chi connectivity index (χ2n) is 4.10. The van der Waals surface area contributed by atoms with Gasteiger partial charge in [0.15, 0.2) is 0 Å². The van der Waals surface area contributed by atoms with Gasteiger partial charge in [-0.25, -0.2) is 23.5 Å². The Labute approximate surface area is 132 Å². The van der Waals surface area contributed by atoms with Crippen molar-refractivity contribution in [3.05, 3.63) is 41.3 Å². The molecule has 0 aliphatic rings. The Morgan fingerprint density at radius 2 is 2.10 bits per heavy atom. The highest BCUT2D eigenvalue weighted by Crippen LogP contribution is 2.24. The summed E-state index contributed by atoms with van der Waals surface area (Å²) in [7, 11) is -3.72. The van der Waals surface area contributed by atoms with E-state index in [1.165, 1.54) is 24.2 Å². The number of rotatable bonds is 5. The third-order valence-corrected chi connectivity index (χ3v) is 4.63. The molecule has 2 rings (SSSR count). The Kier molecular flexibility index (Phi) is 5.04. The molecule has 0 spiro atoms. The molecule has 21 heavy (non-hydrogen) atoms. The molecule has 112 valence electrons. The van der Waals surface area contributed by atoms with Crippen molar-refractivity contribution >= 4 is 39.2 Å². The quantitative estimate of drug-likeness (QED) is 0.636. The lowest BCUT2D eigenvalue weighted by Crippen LogP contribution is -2.13. The zero-order valence-electron chi connectivity index (χ0n) is 11.1. The first-order valence-electron chi connectivity index (χ1n) is 5.81. The molecule has 1 aromatic heterocycles. The number of nitrogens with two attached hydrogens (primary N) is 1. The summed E-state index contributed by atoms with van der Waals surface area (Å²) in [4.78, 5) is 8.85. The van der Waals surface area contributed by atoms with E-state index in [0.717, 1.165) is 10.5 Å². The molecular weight excluding hydrogens is 332 g/mol. The summed E-state index contributed by atoms with van der Waals surface area (Å²) < 4.78 is 22.8. The number of nitrogens with zero attached hydrogens (tertiary/aromatic N) is 2. The molecule has 0 saturated heterocycles. The van der Waals surface area contributed by atoms with E-state index in [-0.39, 0.29) is 4.90 Å². The van der Waals surface area contributed by atoms with Gasteiger partial charge >= 0.3 is 0 Å². The Morgan fingerprint density at radius 3 is 2.71 bits per heavy atom. The van der Waals surface area contributed by atoms with Gasteiger partial charge in [0.1, 0.15) is 17.3 Å². The molecule has 1 heterocycles. The summed E-state index contributed by atoms with van der Waals surface area (Å²) in [6.07, 6.45) is 3.26. The van der Waals surface area contributed by atoms with Crippen LogP contribution in [0.15, 0.2) is 40.4 Å². The Bertz CT molecular complexity index is 753. The maximum atomic E-state index is 11.4. The lowest BCUT2D eigenvalue weighted by Gasteiger charge is -2.11. The van der Waals surface area contributed by atoms with Gasteiger partial charge in [0.2, 0.25) is 10.0 Å². The topological polar surface area (TPSA) is 98.0 Å². The summed E-state index contributed by atoms with van der Waals surface area (Å²) >= 11 is 7.30. The van der Waals surface area contributed by atoms with Crippen LogP contribution >= 0.6 is 23.4 Å². The van der Waals surface area contributed by atoms with E-state index in [1.54, 1.807) is 18.2 Å². The van der Waals surface area contributed by atoms with Crippen molar-refractivity contribution in [2.45, 2.75) is 16.3 Å². The van der Waals surface area contributed by atoms with Crippen molar-refractivity contribution < 1.29 is 8.42 Å². The van der Waals surface area contributed by atoms with Crippen LogP contribution in [0.2, 0.25) is 5.15 Å². The molecule has 6 nitrogen and oxygen atoms in total. The minimum Gasteiger partial charge on any atom is -0.366 e. The van der Waals surface area contributed by atoms with Crippen molar-refractivity contribution in [1.82, 2.24) is 9.97 Å². The van der Waals surface area contributed by atoms with Crippen molar-refractivity contribution in [2.24, 2.45) is 5.14 Å². The molecule has 0 aliphatic heterocycles. The highest BCUT2D eigenvalue weighted by Gasteiger charge is 2.11. The zero-order valence-corrected chi connectivity index (χ0v) is 13.5. The van der Waals surface area contributed by atoms with Gasteiger partial charge in [-0.3, -0.25) is 0 Å². The maximum Gasteiger partial charge on any atom is 0.238 e. The predicted molar refractivity (Wildman–Crippen MR) is 84.0 cm³/mol. The Morgan fingerprint density at radius 1 is 1.33 bits per heavy atom. The third kappa shape index (κ3) is 4.31. The van der Waals surface area contributed by atoms with E-state index in [0.29, 0.717) is 17.5 Å². The summed E-state index contributed by atoms with van der Waals surface area (Å²) in [5, 5.41) is 8.55. The normalized spacial score (nSPS) is 11.4. The van der Waals surface area contributed by atoms with Crippen molar-refractivity contribution in [3.8, 4) is 0 Å². The van der Waals surface area contributed by atoms with E-state index in [1.807, 2.05) is 6.26 Å². The fourth-order valence-electron chi connectivity index (χ4n) is 1.69. The molecule has 0 atom stereocenters. The largest absolute Gasteiger partial charge is 0.366 e. The van der Waals surface area contributed by atoms with Crippen LogP contribution in [0.1, 0.15) is 5.56 Å². The fourth-order valence-corrected chi connectivity index (χ4v) is 2.99. The maximum absolute atomic E-state index is 11.4. The van der Waals surface area contributed by atoms with Gasteiger partial charge in [-0.05, 0) is 30.0 Å². The smallest absolute Gasteiger partial charge is 0.238 e. The number of sulfonamides is 1. The first kappa shape index (κ1) is 16.0. The number of anilines is 1. The number of hydrogen-bond acceptors (Lipinski definition) is 6. The van der Waals surface area contributed by atoms with Crippen LogP contribution in [0.4, 0.5) is 5.82 Å². The Hall–Kier alpha value is -1.35. The number of nitrogens with one attached hydrogen (secondary N) is 1. The van der Waals surface area contributed by atoms with Gasteiger partial charge in [-0.2, -0.15) is 0 Å². The lowest BCUT2D eigenvalue weighted by molar-refractivity contribution is 0.597. The van der Waals surface area contributed by atoms with E-state index in [2.05, 4.69) is 15.3 Å². The number of benzene rings is 1. The van der Waals surface area contributed by atoms with Crippen molar-refractivity contribution in [3.63, 3.8) is 0 Å². The summed E-state index contributed by atoms with van der Waals surface area (Å²) in [6.45, 7) is 0.396. The number of aromatic nitrogens is 2. The second-order valence-corrected chi connectivity index (χ2v) is 6.89. The summed E-state index contributed by atoms with van der Waals surface area (Å²) in [5.41, 5.74) is 0.809. The summed E-state index contributed by atoms with van der Waals surface area (Å²) in [5.74, 6) is 0.558. The average Bonchev–Trinajstić information content (AvgIpc) is 2.44. The van der Waals surface area contributed by atoms with Gasteiger partial charge in [0.25, 0.3) is 0 Å². The minimum absolute atomic E-state index is 0.0813. The Balaban J connectivity index is 2.25. The molecule has 1 aromatic carbocycles. The molecule has 0 saturated carbocycles. The van der Waals surface area contributed by atoms with Gasteiger partial charge in [-0.15, -0.1) is 11.8 Å². The molecule has 2 aromatic rings. The van der Waals surface area contributed by atoms with E-state index < -0.39 is 10.0 Å². The van der Waals surface area contributed by atoms with Gasteiger partial charge in [0.05, 0.1) is 4.90 Å². The predicted octanol–water partition coefficient (Wildman–Crippen LogP) is 2.11.